The number of benzene rings is 7. The van der Waals surface area contributed by atoms with Gasteiger partial charge in [-0.3, -0.25) is 56.4 Å². The SMILES string of the molecule is [C-]#[N+]c1cc(C(=O)NCc2c(F)cccc2Cl)n(C(C)C)c1.[C-]#[N+]c1cc(C(=O)NCc2c(F)cccc2Cl)n(C)c1.[C-]#[N+]c1ccc(C(=O)NCc2c(F)cccc2Cl)n1C.[C-]#[N+]c1ccc(C(=O)NCc2c(F)cccc2Cl)n1C.[C-]#[N+]c1ccc(C(=O)NCc2c(F)cccc2Cl)n1C(C)C.[C-]#[N+]c1ccc(C(=O)NCc2c(F)cccc2Cl)n1CC.[C-]#[N+]c1ccc(C(=O)N[C@@H](C)c2c(F)cccc2Cl)n1C. The summed E-state index contributed by atoms with van der Waals surface area (Å²) in [5.74, 6) is -4.06. The zero-order chi connectivity index (χ0) is 108. The molecular formula is C104H89Cl7F7N21O7. The van der Waals surface area contributed by atoms with Gasteiger partial charge in [-0.25, -0.2) is 40.4 Å². The minimum Gasteiger partial charge on any atom is -0.364 e. The van der Waals surface area contributed by atoms with Crippen LogP contribution in [-0.4, -0.2) is 73.3 Å². The molecule has 7 aromatic heterocycles. The standard InChI is InChI=1S/2C16H15ClFN3O.2C15H13ClFN3O.3C14H11ClFN3O/c1-10(2)21-9-11(19-3)7-15(21)16(22)20-8-12-13(17)5-4-6-14(12)18;1-10(2)21-14(7-8-15(21)19-3)16(22)20-9-11-12(17)5-4-6-13(11)18;1-9(14-10(16)5-4-6-11(14)17)19-15(21)12-7-8-13(18-2)20(12)3;1-3-20-13(7-8-14(20)18-2)15(21)19-9-10-11(16)5-4-6-12(10)17;1-17-9-6-13(19(2)8-9)14(20)18-7-10-11(15)4-3-5-12(10)16;2*1-17-13-7-6-12(19(13)2)14(20)18-8-9-10(15)4-3-5-11(9)16/h4-7,9-10H,8H2,1-2H3,(H,20,22);4-8,10H,9H2,1-2H3,(H,20,22);4-9H,1,3H3,(H,19,21);4-8H,3,9H2,1H3,(H,19,21);3-6,8H,7H2,2H3,(H,18,20);2*3-7H,8H2,2H3,(H,18,20)/t;;9-;;;;/m..0..../s1. The second-order valence-corrected chi connectivity index (χ2v) is 34.3. The summed E-state index contributed by atoms with van der Waals surface area (Å²) in [6.45, 7) is 60.5. The Morgan fingerprint density at radius 3 is 0.863 bits per heavy atom. The van der Waals surface area contributed by atoms with Crippen LogP contribution in [0.1, 0.15) is 172 Å². The third-order valence-corrected chi connectivity index (χ3v) is 24.0. The predicted molar refractivity (Wildman–Crippen MR) is 548 cm³/mol. The summed E-state index contributed by atoms with van der Waals surface area (Å²) in [5, 5.41) is 20.2. The number of aromatic nitrogens is 7. The molecule has 0 aliphatic heterocycles. The Balaban J connectivity index is 0.000000208. The largest absolute Gasteiger partial charge is 0.364 e. The second-order valence-electron chi connectivity index (χ2n) is 31.5. The van der Waals surface area contributed by atoms with Gasteiger partial charge in [-0.05, 0) is 199 Å². The number of nitrogens with zero attached hydrogens (tertiary/aromatic N) is 14. The van der Waals surface area contributed by atoms with Crippen molar-refractivity contribution in [3.8, 4) is 0 Å². The molecule has 14 aromatic rings. The number of amides is 7. The Labute approximate surface area is 871 Å². The maximum atomic E-state index is 13.8. The monoisotopic (exact) mass is 2120 g/mol. The van der Waals surface area contributed by atoms with E-state index in [1.807, 2.05) is 34.6 Å². The van der Waals surface area contributed by atoms with Crippen LogP contribution in [0.2, 0.25) is 35.2 Å². The van der Waals surface area contributed by atoms with Gasteiger partial charge in [-0.2, -0.15) is 0 Å². The highest BCUT2D eigenvalue weighted by molar-refractivity contribution is 6.33. The highest BCUT2D eigenvalue weighted by Gasteiger charge is 2.27. The molecule has 0 fully saturated rings. The van der Waals surface area contributed by atoms with Gasteiger partial charge in [0.05, 0.1) is 64.3 Å². The lowest BCUT2D eigenvalue weighted by atomic mass is 10.1. The lowest BCUT2D eigenvalue weighted by Crippen LogP contribution is -2.28. The summed E-state index contributed by atoms with van der Waals surface area (Å²) >= 11 is 41.4. The number of hydrogen-bond acceptors (Lipinski definition) is 7. The zero-order valence-electron chi connectivity index (χ0n) is 79.3. The molecular weight excluding hydrogens is 2040 g/mol. The molecule has 0 unspecified atom stereocenters. The molecule has 0 saturated heterocycles. The molecule has 14 rings (SSSR count). The molecule has 750 valence electrons. The molecule has 0 bridgehead atoms. The fourth-order valence-electron chi connectivity index (χ4n) is 13.9. The summed E-state index contributed by atoms with van der Waals surface area (Å²) in [7, 11) is 6.54. The van der Waals surface area contributed by atoms with E-state index in [0.29, 0.717) is 86.9 Å². The molecule has 7 amide bonds. The Morgan fingerprint density at radius 1 is 0.301 bits per heavy atom. The van der Waals surface area contributed by atoms with E-state index in [2.05, 4.69) is 71.1 Å². The first-order chi connectivity index (χ1) is 69.5. The van der Waals surface area contributed by atoms with E-state index in [9.17, 15) is 64.3 Å². The maximum absolute atomic E-state index is 13.8. The molecule has 0 radical (unpaired) electrons. The van der Waals surface area contributed by atoms with E-state index in [4.69, 9.17) is 127 Å². The lowest BCUT2D eigenvalue weighted by molar-refractivity contribution is 0.0924. The number of hydrogen-bond donors (Lipinski definition) is 7. The molecule has 0 saturated carbocycles. The van der Waals surface area contributed by atoms with Crippen LogP contribution >= 0.6 is 81.2 Å². The number of aryl methyl sites for hydroxylation is 1. The van der Waals surface area contributed by atoms with Gasteiger partial charge < -0.3 is 70.6 Å². The van der Waals surface area contributed by atoms with Crippen molar-refractivity contribution in [2.75, 3.05) is 0 Å². The molecule has 7 N–H and O–H groups in total. The number of nitrogens with one attached hydrogen (secondary N) is 7. The van der Waals surface area contributed by atoms with Crippen LogP contribution in [-0.2, 0) is 74.0 Å². The zero-order valence-corrected chi connectivity index (χ0v) is 84.6. The highest BCUT2D eigenvalue weighted by Crippen LogP contribution is 2.32. The average Bonchev–Trinajstić information content (AvgIpc) is 1.62. The number of carbonyl (C=O) groups is 7. The van der Waals surface area contributed by atoms with Crippen molar-refractivity contribution in [1.82, 2.24) is 69.2 Å². The van der Waals surface area contributed by atoms with Gasteiger partial charge in [0.25, 0.3) is 41.4 Å². The highest BCUT2D eigenvalue weighted by atomic mass is 35.5. The second kappa shape index (κ2) is 54.8. The van der Waals surface area contributed by atoms with Crippen molar-refractivity contribution in [2.24, 2.45) is 28.2 Å². The number of carbonyl (C=O) groups excluding carboxylic acids is 7. The van der Waals surface area contributed by atoms with Crippen molar-refractivity contribution in [2.45, 2.75) is 105 Å². The van der Waals surface area contributed by atoms with Crippen LogP contribution in [0, 0.1) is 86.7 Å². The molecule has 7 aromatic carbocycles. The molecule has 0 aliphatic rings. The number of halogens is 14. The summed E-state index contributed by atoms with van der Waals surface area (Å²) in [4.78, 5) is 108. The van der Waals surface area contributed by atoms with E-state index >= 15 is 0 Å². The molecule has 42 heteroatoms. The fourth-order valence-corrected chi connectivity index (χ4v) is 15.6. The average molecular weight is 2130 g/mol. The topological polar surface area (TPSA) is 269 Å². The van der Waals surface area contributed by atoms with Crippen LogP contribution in [0.3, 0.4) is 0 Å². The third-order valence-electron chi connectivity index (χ3n) is 21.5. The van der Waals surface area contributed by atoms with Crippen molar-refractivity contribution < 1.29 is 64.3 Å². The Bertz CT molecular complexity index is 7080. The summed E-state index contributed by atoms with van der Waals surface area (Å²) in [6, 6.07) is 48.6. The Hall–Kier alpha value is -16.2. The minimum atomic E-state index is -0.586. The molecule has 0 spiro atoms. The van der Waals surface area contributed by atoms with Gasteiger partial charge in [0.2, 0.25) is 40.5 Å². The van der Waals surface area contributed by atoms with Crippen LogP contribution in [0.25, 0.3) is 33.9 Å². The smallest absolute Gasteiger partial charge is 0.290 e. The van der Waals surface area contributed by atoms with Crippen molar-refractivity contribution >= 4 is 163 Å². The van der Waals surface area contributed by atoms with Gasteiger partial charge >= 0.3 is 0 Å². The third kappa shape index (κ3) is 30.2. The first-order valence-corrected chi connectivity index (χ1v) is 46.1. The van der Waals surface area contributed by atoms with E-state index in [1.54, 1.807) is 169 Å². The maximum Gasteiger partial charge on any atom is 0.290 e. The first-order valence-electron chi connectivity index (χ1n) is 43.4. The van der Waals surface area contributed by atoms with E-state index < -0.39 is 46.8 Å². The van der Waals surface area contributed by atoms with Crippen LogP contribution in [0.15, 0.2) is 213 Å². The van der Waals surface area contributed by atoms with E-state index in [1.165, 1.54) is 111 Å². The predicted octanol–water partition coefficient (Wildman–Crippen LogP) is 26.2. The molecule has 28 nitrogen and oxygen atoms in total. The summed E-state index contributed by atoms with van der Waals surface area (Å²) in [6.07, 6.45) is 3.18. The van der Waals surface area contributed by atoms with E-state index in [0.717, 1.165) is 0 Å². The van der Waals surface area contributed by atoms with E-state index in [-0.39, 0.29) is 167 Å². The normalized spacial score (nSPS) is 10.5. The van der Waals surface area contributed by atoms with Crippen molar-refractivity contribution in [3.05, 3.63) is 447 Å². The van der Waals surface area contributed by atoms with Crippen LogP contribution in [0.5, 0.6) is 0 Å². The van der Waals surface area contributed by atoms with Crippen LogP contribution < -0.4 is 37.2 Å². The summed E-state index contributed by atoms with van der Waals surface area (Å²) in [5.41, 5.74) is 4.90. The summed E-state index contributed by atoms with van der Waals surface area (Å²) < 4.78 is 106. The van der Waals surface area contributed by atoms with Gasteiger partial charge in [0, 0.05) is 139 Å². The quantitative estimate of drug-likeness (QED) is 0.0227. The van der Waals surface area contributed by atoms with Gasteiger partial charge in [-0.1, -0.05) is 157 Å². The molecule has 1 atom stereocenters. The lowest BCUT2D eigenvalue weighted by Gasteiger charge is -2.16. The van der Waals surface area contributed by atoms with Crippen LogP contribution in [0.4, 0.5) is 71.2 Å². The number of rotatable bonds is 24. The van der Waals surface area contributed by atoms with Crippen molar-refractivity contribution in [3.63, 3.8) is 0 Å². The molecule has 7 heterocycles. The first kappa shape index (κ1) is 115. The Morgan fingerprint density at radius 2 is 0.568 bits per heavy atom. The minimum absolute atomic E-state index is 0.00736. The van der Waals surface area contributed by atoms with Gasteiger partial charge in [0.1, 0.15) is 40.7 Å². The van der Waals surface area contributed by atoms with Gasteiger partial charge in [-0.15, -0.1) is 0 Å². The molecule has 0 aliphatic carbocycles. The molecule has 146 heavy (non-hydrogen) atoms. The fraction of sp³-hybridized carbons (Fsp3) is 0.192. The van der Waals surface area contributed by atoms with Crippen molar-refractivity contribution in [1.29, 1.82) is 0 Å². The Kier molecular flexibility index (Phi) is 43.2. The van der Waals surface area contributed by atoms with Gasteiger partial charge in [0.15, 0.2) is 28.5 Å².